The van der Waals surface area contributed by atoms with Gasteiger partial charge in [-0.1, -0.05) is 0 Å². The van der Waals surface area contributed by atoms with Gasteiger partial charge in [-0.2, -0.15) is 0 Å². The Hall–Kier alpha value is -1.37. The molecule has 1 aromatic rings. The van der Waals surface area contributed by atoms with Crippen molar-refractivity contribution in [1.29, 1.82) is 0 Å². The van der Waals surface area contributed by atoms with E-state index in [1.165, 1.54) is 6.92 Å². The lowest BCUT2D eigenvalue weighted by Gasteiger charge is -2.16. The summed E-state index contributed by atoms with van der Waals surface area (Å²) in [6, 6.07) is -0.599. The van der Waals surface area contributed by atoms with E-state index in [0.29, 0.717) is 6.61 Å². The summed E-state index contributed by atoms with van der Waals surface area (Å²) in [4.78, 5) is 0. The molecule has 0 aliphatic rings. The van der Waals surface area contributed by atoms with Crippen LogP contribution >= 0.6 is 0 Å². The second-order valence-electron chi connectivity index (χ2n) is 3.65. The topological polar surface area (TPSA) is 21.3 Å². The summed E-state index contributed by atoms with van der Waals surface area (Å²) >= 11 is 0. The van der Waals surface area contributed by atoms with Gasteiger partial charge < -0.3 is 10.1 Å². The minimum absolute atomic E-state index is 0.0794. The molecule has 1 N–H and O–H groups in total. The lowest BCUT2D eigenvalue weighted by Crippen LogP contribution is -2.24. The van der Waals surface area contributed by atoms with Crippen molar-refractivity contribution in [2.75, 3.05) is 18.5 Å². The van der Waals surface area contributed by atoms with Crippen LogP contribution in [0, 0.1) is 29.1 Å². The van der Waals surface area contributed by atoms with Gasteiger partial charge in [0.05, 0.1) is 6.61 Å². The first-order valence-electron chi connectivity index (χ1n) is 5.25. The minimum atomic E-state index is -2.17. The molecule has 0 bridgehead atoms. The summed E-state index contributed by atoms with van der Waals surface area (Å²) < 4.78 is 70.0. The summed E-state index contributed by atoms with van der Waals surface area (Å²) in [6.45, 7) is 3.66. The fourth-order valence-electron chi connectivity index (χ4n) is 1.31. The average molecular weight is 269 g/mol. The van der Waals surface area contributed by atoms with Gasteiger partial charge in [0.15, 0.2) is 23.3 Å². The fourth-order valence-corrected chi connectivity index (χ4v) is 1.31. The number of hydrogen-bond acceptors (Lipinski definition) is 2. The molecule has 0 amide bonds. The number of rotatable bonds is 5. The van der Waals surface area contributed by atoms with Crippen molar-refractivity contribution in [1.82, 2.24) is 0 Å². The van der Waals surface area contributed by atoms with Gasteiger partial charge in [0.25, 0.3) is 0 Å². The van der Waals surface area contributed by atoms with Crippen LogP contribution in [0.3, 0.4) is 0 Å². The third-order valence-corrected chi connectivity index (χ3v) is 2.17. The zero-order valence-electron chi connectivity index (χ0n) is 9.79. The molecular formula is C11H12F5NO. The highest BCUT2D eigenvalue weighted by molar-refractivity contribution is 5.48. The summed E-state index contributed by atoms with van der Waals surface area (Å²) in [5, 5.41) is 2.20. The molecule has 0 saturated carbocycles. The van der Waals surface area contributed by atoms with E-state index >= 15 is 0 Å². The molecule has 0 saturated heterocycles. The fraction of sp³-hybridized carbons (Fsp3) is 0.455. The van der Waals surface area contributed by atoms with Gasteiger partial charge in [0.2, 0.25) is 5.82 Å². The van der Waals surface area contributed by atoms with E-state index in [-0.39, 0.29) is 6.61 Å². The van der Waals surface area contributed by atoms with Crippen LogP contribution in [0.15, 0.2) is 0 Å². The first kappa shape index (κ1) is 14.7. The van der Waals surface area contributed by atoms with Crippen LogP contribution in [0.25, 0.3) is 0 Å². The molecule has 2 nitrogen and oxygen atoms in total. The third-order valence-electron chi connectivity index (χ3n) is 2.17. The molecule has 7 heteroatoms. The van der Waals surface area contributed by atoms with Crippen molar-refractivity contribution >= 4 is 5.69 Å². The second-order valence-corrected chi connectivity index (χ2v) is 3.65. The molecular weight excluding hydrogens is 257 g/mol. The van der Waals surface area contributed by atoms with E-state index in [1.807, 2.05) is 0 Å². The Labute approximate surface area is 101 Å². The van der Waals surface area contributed by atoms with Gasteiger partial charge in [-0.3, -0.25) is 0 Å². The molecule has 0 radical (unpaired) electrons. The number of anilines is 1. The zero-order valence-corrected chi connectivity index (χ0v) is 9.79. The predicted molar refractivity (Wildman–Crippen MR) is 55.8 cm³/mol. The van der Waals surface area contributed by atoms with Crippen LogP contribution in [0.2, 0.25) is 0 Å². The highest BCUT2D eigenvalue weighted by atomic mass is 19.2. The number of nitrogens with one attached hydrogen (secondary N) is 1. The van der Waals surface area contributed by atoms with Crippen molar-refractivity contribution in [3.05, 3.63) is 29.1 Å². The molecule has 1 atom stereocenters. The van der Waals surface area contributed by atoms with Crippen LogP contribution in [-0.2, 0) is 4.74 Å². The highest BCUT2D eigenvalue weighted by Gasteiger charge is 2.26. The van der Waals surface area contributed by atoms with E-state index in [4.69, 9.17) is 4.74 Å². The van der Waals surface area contributed by atoms with Gasteiger partial charge in [-0.25, -0.2) is 22.0 Å². The van der Waals surface area contributed by atoms with Crippen LogP contribution in [0.4, 0.5) is 27.6 Å². The Morgan fingerprint density at radius 3 is 1.83 bits per heavy atom. The lowest BCUT2D eigenvalue weighted by molar-refractivity contribution is 0.141. The van der Waals surface area contributed by atoms with Crippen LogP contribution in [0.5, 0.6) is 0 Å². The maximum Gasteiger partial charge on any atom is 0.200 e. The number of halogens is 5. The summed E-state index contributed by atoms with van der Waals surface area (Å²) in [5.74, 6) is -9.88. The molecule has 0 aromatic heterocycles. The van der Waals surface area contributed by atoms with Crippen LogP contribution < -0.4 is 5.32 Å². The predicted octanol–water partition coefficient (Wildman–Crippen LogP) is 3.22. The van der Waals surface area contributed by atoms with E-state index < -0.39 is 40.8 Å². The Morgan fingerprint density at radius 1 is 0.944 bits per heavy atom. The molecule has 0 aliphatic heterocycles. The van der Waals surface area contributed by atoms with Gasteiger partial charge in [0, 0.05) is 12.6 Å². The van der Waals surface area contributed by atoms with E-state index in [0.717, 1.165) is 0 Å². The Balaban J connectivity index is 3.02. The highest BCUT2D eigenvalue weighted by Crippen LogP contribution is 2.27. The van der Waals surface area contributed by atoms with Crippen molar-refractivity contribution in [2.24, 2.45) is 0 Å². The molecule has 0 heterocycles. The number of hydrogen-bond donors (Lipinski definition) is 1. The first-order valence-corrected chi connectivity index (χ1v) is 5.25. The molecule has 0 fully saturated rings. The number of ether oxygens (including phenoxy) is 1. The normalized spacial score (nSPS) is 12.6. The summed E-state index contributed by atoms with van der Waals surface area (Å²) in [6.07, 6.45) is 0. The van der Waals surface area contributed by atoms with Gasteiger partial charge >= 0.3 is 0 Å². The van der Waals surface area contributed by atoms with Crippen molar-refractivity contribution in [3.63, 3.8) is 0 Å². The monoisotopic (exact) mass is 269 g/mol. The van der Waals surface area contributed by atoms with Gasteiger partial charge in [0.1, 0.15) is 5.69 Å². The third kappa shape index (κ3) is 2.90. The van der Waals surface area contributed by atoms with Crippen LogP contribution in [0.1, 0.15) is 13.8 Å². The largest absolute Gasteiger partial charge is 0.380 e. The summed E-state index contributed by atoms with van der Waals surface area (Å²) in [5.41, 5.74) is -1.04. The zero-order chi connectivity index (χ0) is 13.9. The molecule has 0 spiro atoms. The van der Waals surface area contributed by atoms with Gasteiger partial charge in [-0.15, -0.1) is 0 Å². The van der Waals surface area contributed by atoms with E-state index in [2.05, 4.69) is 5.32 Å². The van der Waals surface area contributed by atoms with Crippen LogP contribution in [-0.4, -0.2) is 19.3 Å². The van der Waals surface area contributed by atoms with Gasteiger partial charge in [-0.05, 0) is 13.8 Å². The average Bonchev–Trinajstić information content (AvgIpc) is 2.36. The SMILES string of the molecule is CCOCC(C)Nc1c(F)c(F)c(F)c(F)c1F. The van der Waals surface area contributed by atoms with Crippen molar-refractivity contribution < 1.29 is 26.7 Å². The molecule has 1 rings (SSSR count). The molecule has 18 heavy (non-hydrogen) atoms. The molecule has 1 unspecified atom stereocenters. The Morgan fingerprint density at radius 2 is 1.39 bits per heavy atom. The molecule has 1 aromatic carbocycles. The second kappa shape index (κ2) is 5.99. The smallest absolute Gasteiger partial charge is 0.200 e. The lowest BCUT2D eigenvalue weighted by atomic mass is 10.2. The van der Waals surface area contributed by atoms with E-state index in [9.17, 15) is 22.0 Å². The molecule has 102 valence electrons. The number of benzene rings is 1. The van der Waals surface area contributed by atoms with E-state index in [1.54, 1.807) is 6.92 Å². The van der Waals surface area contributed by atoms with Crippen molar-refractivity contribution in [3.8, 4) is 0 Å². The van der Waals surface area contributed by atoms with Crippen molar-refractivity contribution in [2.45, 2.75) is 19.9 Å². The maximum atomic E-state index is 13.3. The maximum absolute atomic E-state index is 13.3. The quantitative estimate of drug-likeness (QED) is 0.503. The standard InChI is InChI=1S/C11H12F5NO/c1-3-18-4-5(2)17-11-9(15)7(13)6(12)8(14)10(11)16/h5,17H,3-4H2,1-2H3. The molecule has 0 aliphatic carbocycles. The minimum Gasteiger partial charge on any atom is -0.380 e. The Kier molecular flexibility index (Phi) is 4.89. The first-order chi connectivity index (χ1) is 8.40. The Bertz CT molecular complexity index is 409. The summed E-state index contributed by atoms with van der Waals surface area (Å²) in [7, 11) is 0.